The minimum absolute atomic E-state index is 0.0353. The van der Waals surface area contributed by atoms with Crippen LogP contribution in [0.3, 0.4) is 0 Å². The first-order valence-electron chi connectivity index (χ1n) is 12.9. The van der Waals surface area contributed by atoms with Gasteiger partial charge in [-0.05, 0) is 63.3 Å². The van der Waals surface area contributed by atoms with E-state index in [1.807, 2.05) is 29.7 Å². The molecule has 0 bridgehead atoms. The van der Waals surface area contributed by atoms with E-state index in [4.69, 9.17) is 15.9 Å². The van der Waals surface area contributed by atoms with Crippen molar-refractivity contribution in [1.29, 1.82) is 0 Å². The monoisotopic (exact) mass is 585 g/mol. The van der Waals surface area contributed by atoms with E-state index in [1.54, 1.807) is 6.92 Å². The van der Waals surface area contributed by atoms with Crippen molar-refractivity contribution < 1.29 is 23.9 Å². The molecule has 0 saturated carbocycles. The summed E-state index contributed by atoms with van der Waals surface area (Å²) in [7, 11) is 0. The number of benzene rings is 1. The number of carbonyl (C=O) groups is 3. The summed E-state index contributed by atoms with van der Waals surface area (Å²) in [5.41, 5.74) is 2.37. The van der Waals surface area contributed by atoms with Gasteiger partial charge in [0.25, 0.3) is 5.91 Å². The number of anilines is 1. The molecule has 0 unspecified atom stereocenters. The second-order valence-corrected chi connectivity index (χ2v) is 11.9. The summed E-state index contributed by atoms with van der Waals surface area (Å²) >= 11 is 4.00. The van der Waals surface area contributed by atoms with Crippen LogP contribution in [0.25, 0.3) is 10.2 Å². The van der Waals surface area contributed by atoms with Gasteiger partial charge >= 0.3 is 5.97 Å². The Morgan fingerprint density at radius 1 is 1.13 bits per heavy atom. The molecule has 0 atom stereocenters. The standard InChI is InChI=1S/C28H31N3O5S3/c1-4-14-31-20-13-12-18(35-5-2)15-22(20)39-28(31)30-24(33)17-37-16-23(32)29-26-25(27(34)36-6-3)19-10-8-7-9-11-21(19)38-26/h1,12-13,15H,5-11,14,16-17H2,2-3H3,(H,29,32). The van der Waals surface area contributed by atoms with E-state index in [0.717, 1.165) is 58.5 Å². The summed E-state index contributed by atoms with van der Waals surface area (Å²) in [5.74, 6) is 2.42. The molecular formula is C28H31N3O5S3. The topological polar surface area (TPSA) is 99.0 Å². The Balaban J connectivity index is 1.42. The second kappa shape index (κ2) is 13.8. The van der Waals surface area contributed by atoms with E-state index < -0.39 is 5.97 Å². The van der Waals surface area contributed by atoms with Crippen molar-refractivity contribution in [3.63, 3.8) is 0 Å². The molecule has 11 heteroatoms. The van der Waals surface area contributed by atoms with Gasteiger partial charge in [-0.25, -0.2) is 4.79 Å². The molecule has 1 aliphatic rings. The van der Waals surface area contributed by atoms with Crippen molar-refractivity contribution in [1.82, 2.24) is 4.57 Å². The maximum absolute atomic E-state index is 12.8. The number of fused-ring (bicyclic) bond motifs is 2. The number of nitrogens with one attached hydrogen (secondary N) is 1. The number of hydrogen-bond donors (Lipinski definition) is 1. The molecule has 206 valence electrons. The van der Waals surface area contributed by atoms with Gasteiger partial charge in [-0.2, -0.15) is 4.99 Å². The molecule has 1 aliphatic carbocycles. The fourth-order valence-corrected chi connectivity index (χ4v) is 7.39. The van der Waals surface area contributed by atoms with Crippen molar-refractivity contribution >= 4 is 67.4 Å². The van der Waals surface area contributed by atoms with E-state index in [2.05, 4.69) is 16.2 Å². The van der Waals surface area contributed by atoms with Crippen molar-refractivity contribution in [2.45, 2.75) is 52.5 Å². The van der Waals surface area contributed by atoms with Gasteiger partial charge in [-0.15, -0.1) is 29.5 Å². The van der Waals surface area contributed by atoms with Crippen LogP contribution in [-0.4, -0.2) is 47.1 Å². The molecular weight excluding hydrogens is 555 g/mol. The van der Waals surface area contributed by atoms with E-state index in [-0.39, 0.29) is 36.5 Å². The number of aryl methyl sites for hydroxylation is 1. The quantitative estimate of drug-likeness (QED) is 0.203. The van der Waals surface area contributed by atoms with Gasteiger partial charge in [-0.3, -0.25) is 9.59 Å². The Kier molecular flexibility index (Phi) is 10.3. The van der Waals surface area contributed by atoms with Crippen LogP contribution >= 0.6 is 34.4 Å². The van der Waals surface area contributed by atoms with Crippen molar-refractivity contribution in [3.05, 3.63) is 39.0 Å². The lowest BCUT2D eigenvalue weighted by molar-refractivity contribution is -0.115. The van der Waals surface area contributed by atoms with Gasteiger partial charge in [0.15, 0.2) is 4.80 Å². The Hall–Kier alpha value is -3.07. The summed E-state index contributed by atoms with van der Waals surface area (Å²) in [6, 6.07) is 5.68. The van der Waals surface area contributed by atoms with Gasteiger partial charge in [0, 0.05) is 4.88 Å². The summed E-state index contributed by atoms with van der Waals surface area (Å²) in [4.78, 5) is 44.1. The lowest BCUT2D eigenvalue weighted by Crippen LogP contribution is -2.19. The molecule has 1 N–H and O–H groups in total. The lowest BCUT2D eigenvalue weighted by atomic mass is 10.1. The van der Waals surface area contributed by atoms with E-state index >= 15 is 0 Å². The Labute approximate surface area is 239 Å². The molecule has 39 heavy (non-hydrogen) atoms. The van der Waals surface area contributed by atoms with Gasteiger partial charge in [-0.1, -0.05) is 23.7 Å². The highest BCUT2D eigenvalue weighted by Gasteiger charge is 2.26. The van der Waals surface area contributed by atoms with Crippen LogP contribution in [0.5, 0.6) is 5.75 Å². The van der Waals surface area contributed by atoms with Crippen molar-refractivity contribution in [3.8, 4) is 18.1 Å². The van der Waals surface area contributed by atoms with Crippen LogP contribution in [0, 0.1) is 12.3 Å². The number of carbonyl (C=O) groups excluding carboxylic acids is 3. The molecule has 0 spiro atoms. The predicted molar refractivity (Wildman–Crippen MR) is 158 cm³/mol. The maximum atomic E-state index is 12.8. The fraction of sp³-hybridized carbons (Fsp3) is 0.429. The van der Waals surface area contributed by atoms with Crippen molar-refractivity contribution in [2.75, 3.05) is 30.0 Å². The lowest BCUT2D eigenvalue weighted by Gasteiger charge is -2.08. The molecule has 2 amide bonds. The van der Waals surface area contributed by atoms with Crippen molar-refractivity contribution in [2.24, 2.45) is 4.99 Å². The van der Waals surface area contributed by atoms with E-state index in [9.17, 15) is 14.4 Å². The maximum Gasteiger partial charge on any atom is 0.341 e. The van der Waals surface area contributed by atoms with Crippen LogP contribution < -0.4 is 14.9 Å². The number of thiazole rings is 1. The highest BCUT2D eigenvalue weighted by Crippen LogP contribution is 2.38. The average molecular weight is 586 g/mol. The summed E-state index contributed by atoms with van der Waals surface area (Å²) in [6.07, 6.45) is 10.5. The number of amides is 2. The summed E-state index contributed by atoms with van der Waals surface area (Å²) < 4.78 is 13.6. The molecule has 2 aromatic heterocycles. The second-order valence-electron chi connectivity index (χ2n) is 8.77. The first kappa shape index (κ1) is 28.9. The number of esters is 1. The average Bonchev–Trinajstić information content (AvgIpc) is 3.31. The number of hydrogen-bond acceptors (Lipinski definition) is 8. The highest BCUT2D eigenvalue weighted by molar-refractivity contribution is 8.00. The minimum Gasteiger partial charge on any atom is -0.494 e. The molecule has 0 radical (unpaired) electrons. The molecule has 0 fully saturated rings. The largest absolute Gasteiger partial charge is 0.494 e. The number of terminal acetylenes is 1. The summed E-state index contributed by atoms with van der Waals surface area (Å²) in [6.45, 7) is 4.80. The molecule has 0 aliphatic heterocycles. The van der Waals surface area contributed by atoms with Crippen LogP contribution in [0.1, 0.15) is 53.9 Å². The molecule has 0 saturated heterocycles. The zero-order valence-electron chi connectivity index (χ0n) is 22.0. The number of thioether (sulfide) groups is 1. The van der Waals surface area contributed by atoms with Gasteiger partial charge in [0.1, 0.15) is 10.8 Å². The molecule has 3 aromatic rings. The third-order valence-electron chi connectivity index (χ3n) is 6.05. The van der Waals surface area contributed by atoms with Gasteiger partial charge < -0.3 is 19.4 Å². The molecule has 4 rings (SSSR count). The molecule has 2 heterocycles. The Morgan fingerprint density at radius 3 is 2.72 bits per heavy atom. The first-order chi connectivity index (χ1) is 18.9. The zero-order valence-corrected chi connectivity index (χ0v) is 24.5. The Morgan fingerprint density at radius 2 is 1.95 bits per heavy atom. The van der Waals surface area contributed by atoms with Crippen LogP contribution in [-0.2, 0) is 33.7 Å². The van der Waals surface area contributed by atoms with E-state index in [0.29, 0.717) is 22.0 Å². The van der Waals surface area contributed by atoms with Gasteiger partial charge in [0.2, 0.25) is 5.91 Å². The third kappa shape index (κ3) is 7.12. The third-order valence-corrected chi connectivity index (χ3v) is 9.21. The van der Waals surface area contributed by atoms with E-state index in [1.165, 1.54) is 34.4 Å². The zero-order chi connectivity index (χ0) is 27.8. The number of aromatic nitrogens is 1. The number of thiophene rings is 1. The number of nitrogens with zero attached hydrogens (tertiary/aromatic N) is 2. The first-order valence-corrected chi connectivity index (χ1v) is 15.7. The normalized spacial score (nSPS) is 13.4. The minimum atomic E-state index is -0.397. The Bertz CT molecular complexity index is 1480. The molecule has 1 aromatic carbocycles. The SMILES string of the molecule is C#CCn1c(=NC(=O)CSCC(=O)Nc2sc3c(c2C(=O)OCC)CCCCC3)sc2cc(OCC)ccc21. The number of ether oxygens (including phenoxy) is 2. The smallest absolute Gasteiger partial charge is 0.341 e. The van der Waals surface area contributed by atoms with Crippen LogP contribution in [0.2, 0.25) is 0 Å². The fourth-order valence-electron chi connectivity index (χ4n) is 4.42. The predicted octanol–water partition coefficient (Wildman–Crippen LogP) is 5.04. The van der Waals surface area contributed by atoms with Crippen LogP contribution in [0.4, 0.5) is 5.00 Å². The van der Waals surface area contributed by atoms with Crippen LogP contribution in [0.15, 0.2) is 23.2 Å². The van der Waals surface area contributed by atoms with Gasteiger partial charge in [0.05, 0.1) is 47.0 Å². The summed E-state index contributed by atoms with van der Waals surface area (Å²) in [5, 5.41) is 3.43. The molecule has 8 nitrogen and oxygen atoms in total. The number of rotatable bonds is 10. The highest BCUT2D eigenvalue weighted by atomic mass is 32.2.